The number of para-hydroxylation sites is 2. The van der Waals surface area contributed by atoms with Gasteiger partial charge in [-0.05, 0) is 174 Å². The van der Waals surface area contributed by atoms with Crippen LogP contribution >= 0.6 is 0 Å². The highest BCUT2D eigenvalue weighted by atomic mass is 15.1. The lowest BCUT2D eigenvalue weighted by Gasteiger charge is -2.28. The van der Waals surface area contributed by atoms with Gasteiger partial charge in [-0.1, -0.05) is 220 Å². The van der Waals surface area contributed by atoms with Crippen LogP contribution in [0.2, 0.25) is 0 Å². The molecule has 0 saturated heterocycles. The number of benzene rings is 12. The highest BCUT2D eigenvalue weighted by Gasteiger charge is 2.36. The van der Waals surface area contributed by atoms with Crippen LogP contribution < -0.4 is 9.80 Å². The van der Waals surface area contributed by atoms with Crippen LogP contribution in [0.1, 0.15) is 25.0 Å². The van der Waals surface area contributed by atoms with Crippen LogP contribution in [-0.2, 0) is 5.41 Å². The van der Waals surface area contributed by atoms with E-state index in [1.165, 1.54) is 77.5 Å². The number of hydrogen-bond acceptors (Lipinski definition) is 2. The average molecular weight is 959 g/mol. The number of hydrogen-bond donors (Lipinski definition) is 0. The fraction of sp³-hybridized carbons (Fsp3) is 0.0411. The van der Waals surface area contributed by atoms with Crippen LogP contribution in [0, 0.1) is 0 Å². The summed E-state index contributed by atoms with van der Waals surface area (Å²) in [5.74, 6) is 0. The van der Waals surface area contributed by atoms with E-state index in [0.717, 1.165) is 45.3 Å². The number of nitrogens with zero attached hydrogens (tertiary/aromatic N) is 2. The van der Waals surface area contributed by atoms with Crippen molar-refractivity contribution in [2.75, 3.05) is 9.80 Å². The Morgan fingerprint density at radius 3 is 1.09 bits per heavy atom. The monoisotopic (exact) mass is 958 g/mol. The first-order chi connectivity index (χ1) is 37.0. The summed E-state index contributed by atoms with van der Waals surface area (Å²) in [7, 11) is 0. The molecule has 1 aliphatic carbocycles. The zero-order valence-electron chi connectivity index (χ0n) is 42.1. The second-order valence-corrected chi connectivity index (χ2v) is 20.1. The van der Waals surface area contributed by atoms with Crippen molar-refractivity contribution in [3.63, 3.8) is 0 Å². The maximum Gasteiger partial charge on any atom is 0.0465 e. The summed E-state index contributed by atoms with van der Waals surface area (Å²) in [6, 6.07) is 106. The van der Waals surface area contributed by atoms with Gasteiger partial charge in [-0.25, -0.2) is 0 Å². The maximum atomic E-state index is 2.42. The van der Waals surface area contributed by atoms with Gasteiger partial charge in [-0.15, -0.1) is 0 Å². The molecule has 0 N–H and O–H groups in total. The maximum absolute atomic E-state index is 2.42. The van der Waals surface area contributed by atoms with Crippen molar-refractivity contribution in [1.29, 1.82) is 0 Å². The molecule has 0 saturated carbocycles. The summed E-state index contributed by atoms with van der Waals surface area (Å²) in [5.41, 5.74) is 23.7. The van der Waals surface area contributed by atoms with Crippen molar-refractivity contribution >= 4 is 44.9 Å². The third kappa shape index (κ3) is 8.37. The molecule has 75 heavy (non-hydrogen) atoms. The van der Waals surface area contributed by atoms with E-state index >= 15 is 0 Å². The molecule has 0 unspecified atom stereocenters. The van der Waals surface area contributed by atoms with Gasteiger partial charge in [0.25, 0.3) is 0 Å². The predicted molar refractivity (Wildman–Crippen MR) is 318 cm³/mol. The quantitative estimate of drug-likeness (QED) is 0.127. The van der Waals surface area contributed by atoms with Crippen LogP contribution in [0.3, 0.4) is 0 Å². The van der Waals surface area contributed by atoms with Gasteiger partial charge in [0.2, 0.25) is 0 Å². The lowest BCUT2D eigenvalue weighted by atomic mass is 9.82. The molecule has 1 aliphatic rings. The van der Waals surface area contributed by atoms with Crippen molar-refractivity contribution < 1.29 is 0 Å². The minimum absolute atomic E-state index is 0.109. The van der Waals surface area contributed by atoms with Gasteiger partial charge in [-0.2, -0.15) is 0 Å². The Kier molecular flexibility index (Phi) is 11.6. The normalized spacial score (nSPS) is 12.2. The lowest BCUT2D eigenvalue weighted by Crippen LogP contribution is -2.16. The van der Waals surface area contributed by atoms with E-state index in [-0.39, 0.29) is 5.41 Å². The number of fused-ring (bicyclic) bond motifs is 4. The first-order valence-corrected chi connectivity index (χ1v) is 26.0. The molecule has 0 bridgehead atoms. The number of anilines is 6. The Labute approximate surface area is 440 Å². The van der Waals surface area contributed by atoms with Gasteiger partial charge in [0.15, 0.2) is 0 Å². The Hall–Kier alpha value is -9.50. The smallest absolute Gasteiger partial charge is 0.0465 e. The zero-order valence-corrected chi connectivity index (χ0v) is 42.1. The molecule has 2 nitrogen and oxygen atoms in total. The van der Waals surface area contributed by atoms with E-state index in [1.807, 2.05) is 0 Å². The molecule has 0 aliphatic heterocycles. The molecule has 12 aromatic rings. The van der Waals surface area contributed by atoms with Crippen molar-refractivity contribution in [1.82, 2.24) is 0 Å². The highest BCUT2D eigenvalue weighted by molar-refractivity contribution is 5.98. The Balaban J connectivity index is 0.896. The van der Waals surface area contributed by atoms with Crippen molar-refractivity contribution in [2.24, 2.45) is 0 Å². The van der Waals surface area contributed by atoms with Gasteiger partial charge in [-0.3, -0.25) is 0 Å². The Morgan fingerprint density at radius 2 is 0.573 bits per heavy atom. The standard InChI is InChI=1S/C73H54N2/c1-73(2)71-33-18-17-31-65(71)66-47-46-62(48-72(66)73)75(58-28-13-6-14-29-58)61-44-38-56(39-45-61)70-50-67(52-20-7-3-8-21-52)69(49-68(70)53-22-9-4-10-23-53)55-36-42-60(43-37-55)74(57-26-11-5-12-27-57)59-40-34-54(35-41-59)64-32-19-25-51-24-15-16-30-63(51)64/h3-50H,1-2H3. The minimum atomic E-state index is -0.109. The third-order valence-electron chi connectivity index (χ3n) is 15.3. The highest BCUT2D eigenvalue weighted by Crippen LogP contribution is 2.51. The average Bonchev–Trinajstić information content (AvgIpc) is 3.71. The van der Waals surface area contributed by atoms with E-state index in [2.05, 4.69) is 315 Å². The molecule has 0 amide bonds. The van der Waals surface area contributed by atoms with Gasteiger partial charge in [0.1, 0.15) is 0 Å². The third-order valence-corrected chi connectivity index (χ3v) is 15.3. The lowest BCUT2D eigenvalue weighted by molar-refractivity contribution is 0.660. The van der Waals surface area contributed by atoms with E-state index in [9.17, 15) is 0 Å². The summed E-state index contributed by atoms with van der Waals surface area (Å²) >= 11 is 0. The van der Waals surface area contributed by atoms with E-state index in [1.54, 1.807) is 0 Å². The van der Waals surface area contributed by atoms with Gasteiger partial charge >= 0.3 is 0 Å². The van der Waals surface area contributed by atoms with Gasteiger partial charge in [0, 0.05) is 39.5 Å². The van der Waals surface area contributed by atoms with Crippen LogP contribution in [-0.4, -0.2) is 0 Å². The predicted octanol–water partition coefficient (Wildman–Crippen LogP) is 20.4. The first-order valence-electron chi connectivity index (χ1n) is 26.0. The first kappa shape index (κ1) is 45.4. The minimum Gasteiger partial charge on any atom is -0.311 e. The van der Waals surface area contributed by atoms with Crippen LogP contribution in [0.5, 0.6) is 0 Å². The molecule has 0 spiro atoms. The molecule has 12 aromatic carbocycles. The molecule has 13 rings (SSSR count). The van der Waals surface area contributed by atoms with E-state index in [0.29, 0.717) is 0 Å². The van der Waals surface area contributed by atoms with Crippen molar-refractivity contribution in [3.05, 3.63) is 302 Å². The van der Waals surface area contributed by atoms with Crippen LogP contribution in [0.4, 0.5) is 34.1 Å². The van der Waals surface area contributed by atoms with Crippen molar-refractivity contribution in [2.45, 2.75) is 19.3 Å². The van der Waals surface area contributed by atoms with Gasteiger partial charge < -0.3 is 9.80 Å². The summed E-state index contributed by atoms with van der Waals surface area (Å²) < 4.78 is 0. The topological polar surface area (TPSA) is 6.48 Å². The largest absolute Gasteiger partial charge is 0.311 e. The second-order valence-electron chi connectivity index (χ2n) is 20.1. The summed E-state index contributed by atoms with van der Waals surface area (Å²) in [6.07, 6.45) is 0. The molecule has 0 atom stereocenters. The fourth-order valence-corrected chi connectivity index (χ4v) is 11.5. The summed E-state index contributed by atoms with van der Waals surface area (Å²) in [4.78, 5) is 4.74. The molecule has 0 heterocycles. The molecular weight excluding hydrogens is 905 g/mol. The van der Waals surface area contributed by atoms with Crippen LogP contribution in [0.15, 0.2) is 291 Å². The zero-order chi connectivity index (χ0) is 50.3. The van der Waals surface area contributed by atoms with Crippen molar-refractivity contribution in [3.8, 4) is 66.8 Å². The number of rotatable bonds is 11. The second kappa shape index (κ2) is 19.2. The molecule has 0 fully saturated rings. The van der Waals surface area contributed by atoms with E-state index in [4.69, 9.17) is 0 Å². The molecule has 0 aromatic heterocycles. The van der Waals surface area contributed by atoms with Crippen LogP contribution in [0.25, 0.3) is 77.5 Å². The molecule has 2 heteroatoms. The Morgan fingerprint density at radius 1 is 0.227 bits per heavy atom. The Bertz CT molecular complexity index is 3970. The van der Waals surface area contributed by atoms with E-state index < -0.39 is 0 Å². The fourth-order valence-electron chi connectivity index (χ4n) is 11.5. The molecule has 0 radical (unpaired) electrons. The summed E-state index contributed by atoms with van der Waals surface area (Å²) in [5, 5.41) is 2.50. The SMILES string of the molecule is CC1(C)c2ccccc2-c2ccc(N(c3ccccc3)c3ccc(-c4cc(-c5ccccc5)c(-c5ccc(N(c6ccccc6)c6ccc(-c7cccc8ccccc78)cc6)cc5)cc4-c4ccccc4)cc3)cc21. The van der Waals surface area contributed by atoms with Gasteiger partial charge in [0.05, 0.1) is 0 Å². The summed E-state index contributed by atoms with van der Waals surface area (Å²) in [6.45, 7) is 4.70. The molecule has 356 valence electrons. The molecular formula is C73H54N2.